The van der Waals surface area contributed by atoms with Crippen LogP contribution in [0.5, 0.6) is 0 Å². The molecule has 0 radical (unpaired) electrons. The molecular formula is C18H32N4O2S. The Morgan fingerprint density at radius 3 is 2.08 bits per heavy atom. The second-order valence-electron chi connectivity index (χ2n) is 8.94. The van der Waals surface area contributed by atoms with E-state index in [1.807, 2.05) is 0 Å². The molecule has 6 nitrogen and oxygen atoms in total. The molecule has 7 heteroatoms. The Morgan fingerprint density at radius 2 is 1.56 bits per heavy atom. The highest BCUT2D eigenvalue weighted by Gasteiger charge is 2.27. The van der Waals surface area contributed by atoms with E-state index in [0.29, 0.717) is 19.6 Å². The normalized spacial score (nSPS) is 18.3. The molecule has 25 heavy (non-hydrogen) atoms. The molecule has 0 spiro atoms. The number of nitrogens with zero attached hydrogens (tertiary/aromatic N) is 4. The number of hydrogen-bond acceptors (Lipinski definition) is 5. The molecule has 0 N–H and O–H groups in total. The second kappa shape index (κ2) is 6.83. The van der Waals surface area contributed by atoms with Crippen LogP contribution < -0.4 is 4.90 Å². The van der Waals surface area contributed by atoms with Crippen LogP contribution in [-0.4, -0.2) is 55.1 Å². The van der Waals surface area contributed by atoms with E-state index in [4.69, 9.17) is 9.97 Å². The Morgan fingerprint density at radius 1 is 0.920 bits per heavy atom. The van der Waals surface area contributed by atoms with E-state index in [0.717, 1.165) is 30.3 Å². The van der Waals surface area contributed by atoms with Gasteiger partial charge in [0.15, 0.2) is 0 Å². The molecule has 0 unspecified atom stereocenters. The summed E-state index contributed by atoms with van der Waals surface area (Å²) in [5.41, 5.74) is 0.815. The summed E-state index contributed by atoms with van der Waals surface area (Å²) in [6.45, 7) is 15.3. The monoisotopic (exact) mass is 368 g/mol. The van der Waals surface area contributed by atoms with Gasteiger partial charge >= 0.3 is 0 Å². The van der Waals surface area contributed by atoms with E-state index in [2.05, 4.69) is 52.5 Å². The largest absolute Gasteiger partial charge is 0.355 e. The molecule has 0 bridgehead atoms. The van der Waals surface area contributed by atoms with Gasteiger partial charge in [0.1, 0.15) is 11.6 Å². The van der Waals surface area contributed by atoms with Crippen LogP contribution in [0.4, 0.5) is 5.82 Å². The third-order valence-corrected chi connectivity index (χ3v) is 5.70. The summed E-state index contributed by atoms with van der Waals surface area (Å²) in [4.78, 5) is 11.8. The Bertz CT molecular complexity index is 685. The van der Waals surface area contributed by atoms with Gasteiger partial charge in [-0.1, -0.05) is 41.5 Å². The van der Waals surface area contributed by atoms with Crippen molar-refractivity contribution in [3.63, 3.8) is 0 Å². The topological polar surface area (TPSA) is 66.4 Å². The van der Waals surface area contributed by atoms with Crippen molar-refractivity contribution < 1.29 is 8.42 Å². The van der Waals surface area contributed by atoms with Gasteiger partial charge in [0, 0.05) is 43.1 Å². The van der Waals surface area contributed by atoms with Crippen LogP contribution in [0, 0.1) is 0 Å². The molecule has 1 aliphatic rings. The molecule has 1 aromatic rings. The van der Waals surface area contributed by atoms with Gasteiger partial charge in [0.05, 0.1) is 11.9 Å². The maximum absolute atomic E-state index is 11.8. The van der Waals surface area contributed by atoms with E-state index in [1.165, 1.54) is 6.26 Å². The first kappa shape index (κ1) is 20.1. The maximum Gasteiger partial charge on any atom is 0.211 e. The minimum absolute atomic E-state index is 0.0671. The lowest BCUT2D eigenvalue weighted by Gasteiger charge is -2.28. The lowest BCUT2D eigenvalue weighted by atomic mass is 9.90. The smallest absolute Gasteiger partial charge is 0.211 e. The van der Waals surface area contributed by atoms with E-state index in [9.17, 15) is 8.42 Å². The number of anilines is 1. The molecule has 0 saturated carbocycles. The summed E-state index contributed by atoms with van der Waals surface area (Å²) in [6, 6.07) is 2.06. The third-order valence-electron chi connectivity index (χ3n) is 4.40. The summed E-state index contributed by atoms with van der Waals surface area (Å²) < 4.78 is 25.2. The lowest BCUT2D eigenvalue weighted by molar-refractivity contribution is 0.437. The van der Waals surface area contributed by atoms with E-state index in [-0.39, 0.29) is 10.8 Å². The second-order valence-corrected chi connectivity index (χ2v) is 10.9. The van der Waals surface area contributed by atoms with Crippen molar-refractivity contribution in [2.24, 2.45) is 0 Å². The Hall–Kier alpha value is -1.21. The fraction of sp³-hybridized carbons (Fsp3) is 0.778. The predicted molar refractivity (Wildman–Crippen MR) is 103 cm³/mol. The Kier molecular flexibility index (Phi) is 5.50. The molecule has 0 aromatic carbocycles. The highest BCUT2D eigenvalue weighted by atomic mass is 32.2. The first-order valence-electron chi connectivity index (χ1n) is 8.88. The standard InChI is InChI=1S/C18H32N4O2S/c1-17(2,3)14-13-15(20-16(19-14)18(4,5)6)21-9-8-10-22(12-11-21)25(7,23)24/h13H,8-12H2,1-7H3. The number of hydrogen-bond donors (Lipinski definition) is 0. The molecule has 1 aromatic heterocycles. The van der Waals surface area contributed by atoms with Crippen LogP contribution in [0.15, 0.2) is 6.07 Å². The molecule has 0 aliphatic carbocycles. The van der Waals surface area contributed by atoms with Gasteiger partial charge in [0.2, 0.25) is 10.0 Å². The van der Waals surface area contributed by atoms with Crippen molar-refractivity contribution in [3.8, 4) is 0 Å². The summed E-state index contributed by atoms with van der Waals surface area (Å²) in [6.07, 6.45) is 2.08. The Labute approximate surface area is 152 Å². The minimum atomic E-state index is -3.14. The van der Waals surface area contributed by atoms with Gasteiger partial charge in [-0.2, -0.15) is 0 Å². The molecule has 0 amide bonds. The zero-order valence-electron chi connectivity index (χ0n) is 16.6. The zero-order chi connectivity index (χ0) is 19.0. The number of rotatable bonds is 2. The van der Waals surface area contributed by atoms with Crippen molar-refractivity contribution in [1.29, 1.82) is 0 Å². The van der Waals surface area contributed by atoms with Crippen molar-refractivity contribution in [3.05, 3.63) is 17.6 Å². The fourth-order valence-electron chi connectivity index (χ4n) is 2.77. The summed E-state index contributed by atoms with van der Waals surface area (Å²) in [7, 11) is -3.14. The molecular weight excluding hydrogens is 336 g/mol. The molecule has 2 rings (SSSR count). The summed E-state index contributed by atoms with van der Waals surface area (Å²) >= 11 is 0. The van der Waals surface area contributed by atoms with E-state index >= 15 is 0 Å². The summed E-state index contributed by atoms with van der Waals surface area (Å²) in [5, 5.41) is 0. The minimum Gasteiger partial charge on any atom is -0.355 e. The van der Waals surface area contributed by atoms with Crippen molar-refractivity contribution in [2.75, 3.05) is 37.3 Å². The SMILES string of the molecule is CC(C)(C)c1cc(N2CCCN(S(C)(=O)=O)CC2)nc(C(C)(C)C)n1. The highest BCUT2D eigenvalue weighted by molar-refractivity contribution is 7.88. The van der Waals surface area contributed by atoms with Gasteiger partial charge < -0.3 is 4.90 Å². The number of aromatic nitrogens is 2. The van der Waals surface area contributed by atoms with Crippen LogP contribution in [0.1, 0.15) is 59.5 Å². The van der Waals surface area contributed by atoms with Crippen molar-refractivity contribution in [2.45, 2.75) is 58.8 Å². The maximum atomic E-state index is 11.8. The van der Waals surface area contributed by atoms with Crippen LogP contribution in [0.25, 0.3) is 0 Å². The van der Waals surface area contributed by atoms with Crippen LogP contribution in [0.3, 0.4) is 0 Å². The van der Waals surface area contributed by atoms with Gasteiger partial charge in [-0.05, 0) is 6.42 Å². The lowest BCUT2D eigenvalue weighted by Crippen LogP contribution is -2.35. The highest BCUT2D eigenvalue weighted by Crippen LogP contribution is 2.28. The van der Waals surface area contributed by atoms with Gasteiger partial charge in [0.25, 0.3) is 0 Å². The number of sulfonamides is 1. The van der Waals surface area contributed by atoms with E-state index in [1.54, 1.807) is 4.31 Å². The molecule has 142 valence electrons. The quantitative estimate of drug-likeness (QED) is 0.802. The van der Waals surface area contributed by atoms with E-state index < -0.39 is 10.0 Å². The average Bonchev–Trinajstić information content (AvgIpc) is 2.70. The first-order valence-corrected chi connectivity index (χ1v) is 10.7. The molecule has 1 aliphatic heterocycles. The fourth-order valence-corrected chi connectivity index (χ4v) is 3.64. The van der Waals surface area contributed by atoms with Gasteiger partial charge in [-0.15, -0.1) is 0 Å². The average molecular weight is 369 g/mol. The van der Waals surface area contributed by atoms with Crippen LogP contribution in [-0.2, 0) is 20.9 Å². The molecule has 0 atom stereocenters. The van der Waals surface area contributed by atoms with Crippen LogP contribution in [0.2, 0.25) is 0 Å². The van der Waals surface area contributed by atoms with Crippen molar-refractivity contribution >= 4 is 15.8 Å². The third kappa shape index (κ3) is 5.14. The van der Waals surface area contributed by atoms with Crippen LogP contribution >= 0.6 is 0 Å². The molecule has 1 fully saturated rings. The summed E-state index contributed by atoms with van der Waals surface area (Å²) in [5.74, 6) is 1.74. The molecule has 1 saturated heterocycles. The zero-order valence-corrected chi connectivity index (χ0v) is 17.4. The Balaban J connectivity index is 2.38. The molecule has 2 heterocycles. The predicted octanol–water partition coefficient (Wildman–Crippen LogP) is 2.54. The van der Waals surface area contributed by atoms with Crippen molar-refractivity contribution in [1.82, 2.24) is 14.3 Å². The van der Waals surface area contributed by atoms with Gasteiger partial charge in [-0.25, -0.2) is 22.7 Å². The van der Waals surface area contributed by atoms with Gasteiger partial charge in [-0.3, -0.25) is 0 Å². The first-order chi connectivity index (χ1) is 11.3.